The predicted molar refractivity (Wildman–Crippen MR) is 93.7 cm³/mol. The summed E-state index contributed by atoms with van der Waals surface area (Å²) in [7, 11) is -2.50. The van der Waals surface area contributed by atoms with Crippen LogP contribution in [0.5, 0.6) is 5.75 Å². The summed E-state index contributed by atoms with van der Waals surface area (Å²) in [5.74, 6) is 0.377. The SMILES string of the molecule is COc1ccccc1NS(=O)(=O)c1cc2[nH]c(=O)c(=O)[nH]c2cc1C. The summed E-state index contributed by atoms with van der Waals surface area (Å²) in [4.78, 5) is 27.6. The van der Waals surface area contributed by atoms with E-state index in [0.29, 0.717) is 22.5 Å². The summed E-state index contributed by atoms with van der Waals surface area (Å²) < 4.78 is 33.1. The number of anilines is 1. The molecule has 0 saturated heterocycles. The quantitative estimate of drug-likeness (QED) is 0.606. The van der Waals surface area contributed by atoms with Crippen molar-refractivity contribution in [2.75, 3.05) is 11.8 Å². The van der Waals surface area contributed by atoms with Crippen LogP contribution in [0, 0.1) is 6.92 Å². The molecule has 2 aromatic carbocycles. The number of benzene rings is 2. The minimum absolute atomic E-state index is 0.0198. The van der Waals surface area contributed by atoms with Crippen molar-refractivity contribution in [3.05, 3.63) is 62.7 Å². The first-order chi connectivity index (χ1) is 11.8. The lowest BCUT2D eigenvalue weighted by atomic mass is 10.2. The Morgan fingerprint density at radius 2 is 1.60 bits per heavy atom. The third-order valence-corrected chi connectivity index (χ3v) is 5.17. The van der Waals surface area contributed by atoms with Crippen molar-refractivity contribution in [2.24, 2.45) is 0 Å². The standard InChI is InChI=1S/C16H15N3O5S/c1-9-7-11-12(18-16(21)15(20)17-11)8-14(9)25(22,23)19-10-5-3-4-6-13(10)24-2/h3-8,19H,1-2H3,(H,17,20)(H,18,21). The van der Waals surface area contributed by atoms with Crippen LogP contribution in [0.15, 0.2) is 50.9 Å². The molecular formula is C16H15N3O5S. The van der Waals surface area contributed by atoms with E-state index in [2.05, 4.69) is 14.7 Å². The van der Waals surface area contributed by atoms with Crippen molar-refractivity contribution in [3.63, 3.8) is 0 Å². The highest BCUT2D eigenvalue weighted by Gasteiger charge is 2.20. The van der Waals surface area contributed by atoms with Gasteiger partial charge in [0.15, 0.2) is 0 Å². The Morgan fingerprint density at radius 3 is 2.24 bits per heavy atom. The summed E-state index contributed by atoms with van der Waals surface area (Å²) in [6.07, 6.45) is 0. The Kier molecular flexibility index (Phi) is 4.09. The van der Waals surface area contributed by atoms with Crippen LogP contribution in [-0.2, 0) is 10.0 Å². The van der Waals surface area contributed by atoms with Crippen LogP contribution >= 0.6 is 0 Å². The molecule has 0 aliphatic carbocycles. The van der Waals surface area contributed by atoms with Crippen molar-refractivity contribution in [2.45, 2.75) is 11.8 Å². The van der Waals surface area contributed by atoms with E-state index in [1.165, 1.54) is 19.2 Å². The predicted octanol–water partition coefficient (Wildman–Crippen LogP) is 1.33. The van der Waals surface area contributed by atoms with Gasteiger partial charge in [-0.25, -0.2) is 8.42 Å². The average molecular weight is 361 g/mol. The van der Waals surface area contributed by atoms with Gasteiger partial charge in [-0.15, -0.1) is 0 Å². The Hall–Kier alpha value is -3.07. The summed E-state index contributed by atoms with van der Waals surface area (Å²) >= 11 is 0. The molecule has 0 aliphatic rings. The maximum Gasteiger partial charge on any atom is 0.314 e. The second-order valence-corrected chi connectivity index (χ2v) is 7.03. The molecule has 130 valence electrons. The molecule has 0 amide bonds. The van der Waals surface area contributed by atoms with Gasteiger partial charge in [0.25, 0.3) is 10.0 Å². The lowest BCUT2D eigenvalue weighted by molar-refractivity contribution is 0.417. The molecule has 0 unspecified atom stereocenters. The van der Waals surface area contributed by atoms with Crippen LogP contribution < -0.4 is 20.6 Å². The number of rotatable bonds is 4. The van der Waals surface area contributed by atoms with Crippen LogP contribution in [0.4, 0.5) is 5.69 Å². The Balaban J connectivity index is 2.14. The molecule has 3 N–H and O–H groups in total. The van der Waals surface area contributed by atoms with E-state index in [1.54, 1.807) is 31.2 Å². The zero-order valence-corrected chi connectivity index (χ0v) is 14.2. The molecule has 0 spiro atoms. The molecule has 0 bridgehead atoms. The van der Waals surface area contributed by atoms with Crippen molar-refractivity contribution in [1.29, 1.82) is 0 Å². The molecule has 0 atom stereocenters. The van der Waals surface area contributed by atoms with Gasteiger partial charge in [-0.05, 0) is 36.8 Å². The Morgan fingerprint density at radius 1 is 1.00 bits per heavy atom. The Labute approximate surface area is 142 Å². The topological polar surface area (TPSA) is 121 Å². The molecule has 8 nitrogen and oxygen atoms in total. The normalized spacial score (nSPS) is 11.4. The van der Waals surface area contributed by atoms with Gasteiger partial charge < -0.3 is 14.7 Å². The molecule has 3 aromatic rings. The van der Waals surface area contributed by atoms with Gasteiger partial charge in [0, 0.05) is 0 Å². The van der Waals surface area contributed by atoms with Crippen LogP contribution in [0.2, 0.25) is 0 Å². The number of methoxy groups -OCH3 is 1. The average Bonchev–Trinajstić information content (AvgIpc) is 2.56. The summed E-state index contributed by atoms with van der Waals surface area (Å²) in [5.41, 5.74) is -0.377. The van der Waals surface area contributed by atoms with E-state index in [4.69, 9.17) is 4.74 Å². The van der Waals surface area contributed by atoms with E-state index in [1.807, 2.05) is 0 Å². The second-order valence-electron chi connectivity index (χ2n) is 5.38. The number of nitrogens with one attached hydrogen (secondary N) is 3. The van der Waals surface area contributed by atoms with Crippen LogP contribution in [0.1, 0.15) is 5.56 Å². The van der Waals surface area contributed by atoms with Gasteiger partial charge in [-0.3, -0.25) is 14.3 Å². The van der Waals surface area contributed by atoms with Crippen LogP contribution in [-0.4, -0.2) is 25.5 Å². The zero-order chi connectivity index (χ0) is 18.2. The minimum atomic E-state index is -3.94. The number of ether oxygens (including phenoxy) is 1. The summed E-state index contributed by atoms with van der Waals surface area (Å²) in [6.45, 7) is 1.60. The highest BCUT2D eigenvalue weighted by atomic mass is 32.2. The van der Waals surface area contributed by atoms with Gasteiger partial charge in [0.2, 0.25) is 0 Å². The zero-order valence-electron chi connectivity index (χ0n) is 13.4. The van der Waals surface area contributed by atoms with Gasteiger partial charge in [-0.1, -0.05) is 12.1 Å². The molecule has 1 heterocycles. The molecule has 0 saturated carbocycles. The molecule has 25 heavy (non-hydrogen) atoms. The molecule has 0 aliphatic heterocycles. The van der Waals surface area contributed by atoms with Crippen LogP contribution in [0.25, 0.3) is 11.0 Å². The highest BCUT2D eigenvalue weighted by Crippen LogP contribution is 2.28. The third-order valence-electron chi connectivity index (χ3n) is 3.66. The van der Waals surface area contributed by atoms with Gasteiger partial charge in [0.05, 0.1) is 28.7 Å². The second kappa shape index (κ2) is 6.10. The molecular weight excluding hydrogens is 346 g/mol. The van der Waals surface area contributed by atoms with Gasteiger partial charge in [-0.2, -0.15) is 0 Å². The molecule has 0 fully saturated rings. The number of hydrogen-bond donors (Lipinski definition) is 3. The fourth-order valence-corrected chi connectivity index (χ4v) is 3.80. The number of hydrogen-bond acceptors (Lipinski definition) is 5. The van der Waals surface area contributed by atoms with E-state index in [9.17, 15) is 18.0 Å². The monoisotopic (exact) mass is 361 g/mol. The number of aromatic amines is 2. The first-order valence-corrected chi connectivity index (χ1v) is 8.73. The van der Waals surface area contributed by atoms with Crippen molar-refractivity contribution in [3.8, 4) is 5.75 Å². The molecule has 1 aromatic heterocycles. The maximum absolute atomic E-state index is 12.8. The number of H-pyrrole nitrogens is 2. The van der Waals surface area contributed by atoms with Gasteiger partial charge in [0.1, 0.15) is 5.75 Å². The van der Waals surface area contributed by atoms with Crippen LogP contribution in [0.3, 0.4) is 0 Å². The molecule has 0 radical (unpaired) electrons. The largest absolute Gasteiger partial charge is 0.495 e. The molecule has 3 rings (SSSR count). The van der Waals surface area contributed by atoms with Crippen molar-refractivity contribution in [1.82, 2.24) is 9.97 Å². The van der Waals surface area contributed by atoms with E-state index < -0.39 is 21.1 Å². The number of para-hydroxylation sites is 2. The minimum Gasteiger partial charge on any atom is -0.495 e. The van der Waals surface area contributed by atoms with Crippen molar-refractivity contribution >= 4 is 26.7 Å². The lowest BCUT2D eigenvalue weighted by Gasteiger charge is -2.13. The molecule has 9 heteroatoms. The van der Waals surface area contributed by atoms with Crippen molar-refractivity contribution < 1.29 is 13.2 Å². The number of sulfonamides is 1. The fourth-order valence-electron chi connectivity index (χ4n) is 2.47. The summed E-state index contributed by atoms with van der Waals surface area (Å²) in [6, 6.07) is 9.40. The van der Waals surface area contributed by atoms with E-state index >= 15 is 0 Å². The number of aryl methyl sites for hydroxylation is 1. The van der Waals surface area contributed by atoms with Gasteiger partial charge >= 0.3 is 11.1 Å². The lowest BCUT2D eigenvalue weighted by Crippen LogP contribution is -2.29. The van der Waals surface area contributed by atoms with E-state index in [-0.39, 0.29) is 10.4 Å². The highest BCUT2D eigenvalue weighted by molar-refractivity contribution is 7.92. The smallest absolute Gasteiger partial charge is 0.314 e. The number of fused-ring (bicyclic) bond motifs is 1. The Bertz CT molecular complexity index is 1180. The number of aromatic nitrogens is 2. The maximum atomic E-state index is 12.8. The fraction of sp³-hybridized carbons (Fsp3) is 0.125. The third kappa shape index (κ3) is 3.13. The van der Waals surface area contributed by atoms with E-state index in [0.717, 1.165) is 0 Å². The first-order valence-electron chi connectivity index (χ1n) is 7.24. The first kappa shape index (κ1) is 16.8. The summed E-state index contributed by atoms with van der Waals surface area (Å²) in [5, 5.41) is 0.